The molecule has 0 saturated heterocycles. The molecular weight excluding hydrogens is 204 g/mol. The smallest absolute Gasteiger partial charge is 0.340 e. The highest BCUT2D eigenvalue weighted by Gasteiger charge is 2.35. The number of aliphatic hydroxyl groups is 1. The van der Waals surface area contributed by atoms with Crippen molar-refractivity contribution in [1.29, 1.82) is 0 Å². The molecule has 1 aromatic rings. The Balaban J connectivity index is 3.19. The molecule has 3 nitrogen and oxygen atoms in total. The zero-order valence-electron chi connectivity index (χ0n) is 7.70. The van der Waals surface area contributed by atoms with E-state index in [1.807, 2.05) is 0 Å². The summed E-state index contributed by atoms with van der Waals surface area (Å²) in [5.74, 6) is -1.26. The molecule has 0 radical (unpaired) electrons. The molecule has 0 amide bonds. The molecule has 0 spiro atoms. The van der Waals surface area contributed by atoms with Crippen molar-refractivity contribution >= 4 is 17.6 Å². The SMILES string of the molecule is CC[C@](O)(C(=O)O)c1cccc(Cl)c1. The van der Waals surface area contributed by atoms with Crippen LogP contribution in [-0.4, -0.2) is 16.2 Å². The minimum Gasteiger partial charge on any atom is -0.479 e. The molecule has 0 aliphatic carbocycles. The standard InChI is InChI=1S/C10H11ClO3/c1-2-10(14,9(12)13)7-4-3-5-8(11)6-7/h3-6,14H,2H2,1H3,(H,12,13)/t10-/m1/s1. The predicted octanol–water partition coefficient (Wildman–Crippen LogP) is 2.02. The molecule has 4 heteroatoms. The molecule has 0 bridgehead atoms. The van der Waals surface area contributed by atoms with Gasteiger partial charge in [0.1, 0.15) is 0 Å². The van der Waals surface area contributed by atoms with E-state index in [4.69, 9.17) is 16.7 Å². The van der Waals surface area contributed by atoms with Gasteiger partial charge in [0.15, 0.2) is 5.60 Å². The van der Waals surface area contributed by atoms with Crippen molar-refractivity contribution in [3.05, 3.63) is 34.9 Å². The van der Waals surface area contributed by atoms with Gasteiger partial charge in [-0.15, -0.1) is 0 Å². The van der Waals surface area contributed by atoms with Crippen LogP contribution >= 0.6 is 11.6 Å². The summed E-state index contributed by atoms with van der Waals surface area (Å²) in [6.07, 6.45) is 0.0999. The maximum Gasteiger partial charge on any atom is 0.340 e. The lowest BCUT2D eigenvalue weighted by Gasteiger charge is -2.22. The molecule has 0 aliphatic rings. The van der Waals surface area contributed by atoms with E-state index in [1.165, 1.54) is 6.07 Å². The lowest BCUT2D eigenvalue weighted by Crippen LogP contribution is -2.34. The maximum atomic E-state index is 10.9. The van der Waals surface area contributed by atoms with Gasteiger partial charge in [0.25, 0.3) is 0 Å². The maximum absolute atomic E-state index is 10.9. The fraction of sp³-hybridized carbons (Fsp3) is 0.300. The normalized spacial score (nSPS) is 14.8. The highest BCUT2D eigenvalue weighted by molar-refractivity contribution is 6.30. The van der Waals surface area contributed by atoms with E-state index in [-0.39, 0.29) is 6.42 Å². The van der Waals surface area contributed by atoms with Crippen LogP contribution in [0.2, 0.25) is 5.02 Å². The number of carboxylic acids is 1. The lowest BCUT2D eigenvalue weighted by molar-refractivity contribution is -0.160. The first kappa shape index (κ1) is 11.0. The number of aliphatic carboxylic acids is 1. The summed E-state index contributed by atoms with van der Waals surface area (Å²) in [4.78, 5) is 10.9. The molecule has 0 aliphatic heterocycles. The molecule has 0 fully saturated rings. The van der Waals surface area contributed by atoms with Gasteiger partial charge in [-0.1, -0.05) is 30.7 Å². The highest BCUT2D eigenvalue weighted by atomic mass is 35.5. The summed E-state index contributed by atoms with van der Waals surface area (Å²) in [5, 5.41) is 19.1. The molecule has 1 rings (SSSR count). The van der Waals surface area contributed by atoms with Crippen molar-refractivity contribution in [2.45, 2.75) is 18.9 Å². The van der Waals surface area contributed by atoms with Gasteiger partial charge in [0, 0.05) is 5.02 Å². The molecule has 14 heavy (non-hydrogen) atoms. The van der Waals surface area contributed by atoms with Crippen LogP contribution in [0, 0.1) is 0 Å². The molecular formula is C10H11ClO3. The van der Waals surface area contributed by atoms with Crippen LogP contribution in [0.25, 0.3) is 0 Å². The topological polar surface area (TPSA) is 57.5 Å². The van der Waals surface area contributed by atoms with Gasteiger partial charge in [0.05, 0.1) is 0 Å². The Morgan fingerprint density at radius 3 is 2.64 bits per heavy atom. The van der Waals surface area contributed by atoms with E-state index in [1.54, 1.807) is 25.1 Å². The quantitative estimate of drug-likeness (QED) is 0.810. The van der Waals surface area contributed by atoms with E-state index in [9.17, 15) is 9.90 Å². The first-order chi connectivity index (χ1) is 6.50. The van der Waals surface area contributed by atoms with Crippen molar-refractivity contribution in [1.82, 2.24) is 0 Å². The van der Waals surface area contributed by atoms with Crippen LogP contribution in [-0.2, 0) is 10.4 Å². The second kappa shape index (κ2) is 3.98. The summed E-state index contributed by atoms with van der Waals surface area (Å²) < 4.78 is 0. The van der Waals surface area contributed by atoms with Gasteiger partial charge < -0.3 is 10.2 Å². The van der Waals surface area contributed by atoms with Gasteiger partial charge in [-0.3, -0.25) is 0 Å². The second-order valence-electron chi connectivity index (χ2n) is 3.03. The summed E-state index contributed by atoms with van der Waals surface area (Å²) in [5.41, 5.74) is -1.54. The van der Waals surface area contributed by atoms with Crippen LogP contribution in [0.3, 0.4) is 0 Å². The molecule has 76 valence electrons. The van der Waals surface area contributed by atoms with Crippen molar-refractivity contribution in [2.24, 2.45) is 0 Å². The number of carbonyl (C=O) groups is 1. The summed E-state index contributed by atoms with van der Waals surface area (Å²) in [6.45, 7) is 1.61. The minimum absolute atomic E-state index is 0.0999. The summed E-state index contributed by atoms with van der Waals surface area (Å²) >= 11 is 5.71. The van der Waals surface area contributed by atoms with Crippen LogP contribution in [0.5, 0.6) is 0 Å². The monoisotopic (exact) mass is 214 g/mol. The first-order valence-corrected chi connectivity index (χ1v) is 4.60. The third-order valence-electron chi connectivity index (χ3n) is 2.17. The Kier molecular flexibility index (Phi) is 3.13. The first-order valence-electron chi connectivity index (χ1n) is 4.22. The molecule has 0 unspecified atom stereocenters. The van der Waals surface area contributed by atoms with Gasteiger partial charge in [-0.25, -0.2) is 4.79 Å². The molecule has 2 N–H and O–H groups in total. The van der Waals surface area contributed by atoms with Crippen molar-refractivity contribution in [3.8, 4) is 0 Å². The zero-order valence-corrected chi connectivity index (χ0v) is 8.45. The lowest BCUT2D eigenvalue weighted by atomic mass is 9.91. The largest absolute Gasteiger partial charge is 0.479 e. The van der Waals surface area contributed by atoms with E-state index in [0.717, 1.165) is 0 Å². The summed E-state index contributed by atoms with van der Waals surface area (Å²) in [7, 11) is 0. The number of rotatable bonds is 3. The molecule has 1 atom stereocenters. The molecule has 0 saturated carbocycles. The molecule has 0 aromatic heterocycles. The fourth-order valence-electron chi connectivity index (χ4n) is 1.22. The third-order valence-corrected chi connectivity index (χ3v) is 2.40. The van der Waals surface area contributed by atoms with E-state index in [2.05, 4.69) is 0 Å². The molecule has 0 heterocycles. The van der Waals surface area contributed by atoms with E-state index < -0.39 is 11.6 Å². The second-order valence-corrected chi connectivity index (χ2v) is 3.47. The predicted molar refractivity (Wildman–Crippen MR) is 53.3 cm³/mol. The number of carboxylic acid groups (broad SMARTS) is 1. The van der Waals surface area contributed by atoms with Gasteiger partial charge in [-0.05, 0) is 24.1 Å². The van der Waals surface area contributed by atoms with E-state index in [0.29, 0.717) is 10.6 Å². The third kappa shape index (κ3) is 1.89. The Hall–Kier alpha value is -1.06. The van der Waals surface area contributed by atoms with Crippen molar-refractivity contribution < 1.29 is 15.0 Å². The zero-order chi connectivity index (χ0) is 10.8. The Labute approximate surface area is 86.9 Å². The fourth-order valence-corrected chi connectivity index (χ4v) is 1.41. The highest BCUT2D eigenvalue weighted by Crippen LogP contribution is 2.27. The van der Waals surface area contributed by atoms with Crippen LogP contribution in [0.1, 0.15) is 18.9 Å². The number of hydrogen-bond donors (Lipinski definition) is 2. The number of halogens is 1. The van der Waals surface area contributed by atoms with Crippen LogP contribution in [0.15, 0.2) is 24.3 Å². The minimum atomic E-state index is -1.84. The molecule has 1 aromatic carbocycles. The van der Waals surface area contributed by atoms with E-state index >= 15 is 0 Å². The Morgan fingerprint density at radius 1 is 1.57 bits per heavy atom. The van der Waals surface area contributed by atoms with Crippen LogP contribution < -0.4 is 0 Å². The Bertz CT molecular complexity index is 351. The number of hydrogen-bond acceptors (Lipinski definition) is 2. The van der Waals surface area contributed by atoms with Gasteiger partial charge >= 0.3 is 5.97 Å². The Morgan fingerprint density at radius 2 is 2.21 bits per heavy atom. The van der Waals surface area contributed by atoms with Crippen molar-refractivity contribution in [2.75, 3.05) is 0 Å². The average molecular weight is 215 g/mol. The van der Waals surface area contributed by atoms with Crippen LogP contribution in [0.4, 0.5) is 0 Å². The van der Waals surface area contributed by atoms with Gasteiger partial charge in [0.2, 0.25) is 0 Å². The van der Waals surface area contributed by atoms with Gasteiger partial charge in [-0.2, -0.15) is 0 Å². The summed E-state index contributed by atoms with van der Waals surface area (Å²) in [6, 6.07) is 6.24. The number of benzene rings is 1. The van der Waals surface area contributed by atoms with Crippen molar-refractivity contribution in [3.63, 3.8) is 0 Å². The average Bonchev–Trinajstić information content (AvgIpc) is 2.16.